The first-order chi connectivity index (χ1) is 13.7. The number of nitro benzene ring substituents is 1. The molecule has 0 saturated heterocycles. The Morgan fingerprint density at radius 3 is 2.34 bits per heavy atom. The average molecular weight is 399 g/mol. The molecular weight excluding hydrogens is 378 g/mol. The van der Waals surface area contributed by atoms with Crippen molar-refractivity contribution in [1.29, 1.82) is 0 Å². The third kappa shape index (κ3) is 5.61. The van der Waals surface area contributed by atoms with Gasteiger partial charge in [0, 0.05) is 23.7 Å². The number of ketones is 1. The summed E-state index contributed by atoms with van der Waals surface area (Å²) in [7, 11) is 0. The summed E-state index contributed by atoms with van der Waals surface area (Å²) in [6.45, 7) is 3.30. The summed E-state index contributed by atoms with van der Waals surface area (Å²) in [6, 6.07) is 9.72. The molecule has 0 aliphatic carbocycles. The zero-order chi connectivity index (χ0) is 21.6. The number of nitro groups is 1. The number of esters is 1. The van der Waals surface area contributed by atoms with Crippen LogP contribution in [0.3, 0.4) is 0 Å². The Morgan fingerprint density at radius 2 is 1.76 bits per heavy atom. The molecular formula is C20H21N3O6. The number of nitrogen functional groups attached to an aromatic ring is 1. The number of nitrogens with two attached hydrogens (primary N) is 1. The fraction of sp³-hybridized carbons (Fsp3) is 0.250. The lowest BCUT2D eigenvalue weighted by Crippen LogP contribution is -2.24. The van der Waals surface area contributed by atoms with Crippen LogP contribution >= 0.6 is 0 Å². The Kier molecular flexibility index (Phi) is 7.02. The van der Waals surface area contributed by atoms with Crippen LogP contribution in [0.25, 0.3) is 0 Å². The van der Waals surface area contributed by atoms with Crippen molar-refractivity contribution in [2.75, 3.05) is 11.1 Å². The maximum Gasteiger partial charge on any atom is 0.339 e. The first kappa shape index (κ1) is 21.5. The molecule has 9 heteroatoms. The van der Waals surface area contributed by atoms with Crippen LogP contribution < -0.4 is 11.1 Å². The topological polar surface area (TPSA) is 142 Å². The molecule has 9 nitrogen and oxygen atoms in total. The van der Waals surface area contributed by atoms with Crippen molar-refractivity contribution in [3.05, 3.63) is 63.7 Å². The number of rotatable bonds is 8. The summed E-state index contributed by atoms with van der Waals surface area (Å²) in [6.07, 6.45) is 0.0130. The van der Waals surface area contributed by atoms with Crippen molar-refractivity contribution in [2.45, 2.75) is 32.8 Å². The van der Waals surface area contributed by atoms with Crippen molar-refractivity contribution in [3.8, 4) is 0 Å². The number of carbonyl (C=O) groups is 3. The quantitative estimate of drug-likeness (QED) is 0.228. The number of nitrogens with one attached hydrogen (secondary N) is 1. The van der Waals surface area contributed by atoms with Gasteiger partial charge >= 0.3 is 5.97 Å². The number of hydrogen-bond donors (Lipinski definition) is 2. The normalized spacial score (nSPS) is 11.4. The molecule has 0 bridgehead atoms. The van der Waals surface area contributed by atoms with E-state index in [2.05, 4.69) is 5.32 Å². The molecule has 2 aromatic rings. The molecule has 0 spiro atoms. The van der Waals surface area contributed by atoms with Crippen LogP contribution in [0.1, 0.15) is 47.4 Å². The summed E-state index contributed by atoms with van der Waals surface area (Å²) in [5.41, 5.74) is 5.77. The van der Waals surface area contributed by atoms with Gasteiger partial charge in [-0.25, -0.2) is 4.79 Å². The monoisotopic (exact) mass is 399 g/mol. The van der Waals surface area contributed by atoms with Crippen LogP contribution in [0, 0.1) is 10.1 Å². The predicted molar refractivity (Wildman–Crippen MR) is 107 cm³/mol. The molecule has 1 amide bonds. The minimum atomic E-state index is -1.11. The van der Waals surface area contributed by atoms with Gasteiger partial charge in [0.2, 0.25) is 11.7 Å². The van der Waals surface area contributed by atoms with Crippen LogP contribution in [0.5, 0.6) is 0 Å². The maximum absolute atomic E-state index is 12.5. The van der Waals surface area contributed by atoms with Gasteiger partial charge in [-0.15, -0.1) is 0 Å². The third-order valence-corrected chi connectivity index (χ3v) is 4.05. The van der Waals surface area contributed by atoms with Gasteiger partial charge in [0.05, 0.1) is 10.5 Å². The lowest BCUT2D eigenvalue weighted by molar-refractivity contribution is -0.383. The van der Waals surface area contributed by atoms with Crippen molar-refractivity contribution < 1.29 is 24.0 Å². The Labute approximate surface area is 167 Å². The van der Waals surface area contributed by atoms with E-state index in [-0.39, 0.29) is 17.2 Å². The van der Waals surface area contributed by atoms with E-state index in [1.165, 1.54) is 31.2 Å². The van der Waals surface area contributed by atoms with E-state index in [9.17, 15) is 24.5 Å². The smallest absolute Gasteiger partial charge is 0.339 e. The second kappa shape index (κ2) is 9.45. The van der Waals surface area contributed by atoms with Crippen molar-refractivity contribution in [2.24, 2.45) is 0 Å². The number of ether oxygens (including phenoxy) is 1. The number of hydrogen-bond acceptors (Lipinski definition) is 7. The number of benzene rings is 2. The molecule has 0 unspecified atom stereocenters. The summed E-state index contributed by atoms with van der Waals surface area (Å²) in [5.74, 6) is -1.45. The van der Waals surface area contributed by atoms with E-state index < -0.39 is 28.5 Å². The van der Waals surface area contributed by atoms with E-state index in [4.69, 9.17) is 10.5 Å². The fourth-order valence-electron chi connectivity index (χ4n) is 2.51. The zero-order valence-corrected chi connectivity index (χ0v) is 16.0. The molecule has 3 N–H and O–H groups in total. The highest BCUT2D eigenvalue weighted by Gasteiger charge is 2.22. The van der Waals surface area contributed by atoms with Gasteiger partial charge < -0.3 is 15.8 Å². The van der Waals surface area contributed by atoms with Gasteiger partial charge in [-0.05, 0) is 49.7 Å². The van der Waals surface area contributed by atoms with Crippen molar-refractivity contribution in [3.63, 3.8) is 0 Å². The lowest BCUT2D eigenvalue weighted by atomic mass is 10.1. The van der Waals surface area contributed by atoms with Crippen LogP contribution in [-0.4, -0.2) is 28.7 Å². The summed E-state index contributed by atoms with van der Waals surface area (Å²) in [4.78, 5) is 46.5. The van der Waals surface area contributed by atoms with Crippen LogP contribution in [0.4, 0.5) is 17.1 Å². The molecule has 0 fully saturated rings. The number of carbonyl (C=O) groups excluding carboxylic acids is 3. The summed E-state index contributed by atoms with van der Waals surface area (Å²) < 4.78 is 5.13. The first-order valence-corrected chi connectivity index (χ1v) is 8.92. The zero-order valence-electron chi connectivity index (χ0n) is 16.0. The third-order valence-electron chi connectivity index (χ3n) is 4.05. The molecule has 2 rings (SSSR count). The summed E-state index contributed by atoms with van der Waals surface area (Å²) in [5, 5.41) is 13.6. The Hall–Kier alpha value is -3.75. The van der Waals surface area contributed by atoms with Crippen LogP contribution in [-0.2, 0) is 9.53 Å². The largest absolute Gasteiger partial charge is 0.451 e. The second-order valence-corrected chi connectivity index (χ2v) is 6.32. The molecule has 0 aliphatic rings. The Bertz CT molecular complexity index is 940. The number of Topliss-reactive ketones (excluding diaryl/α,β-unsaturated/α-hetero) is 1. The highest BCUT2D eigenvalue weighted by atomic mass is 16.6. The molecule has 29 heavy (non-hydrogen) atoms. The summed E-state index contributed by atoms with van der Waals surface area (Å²) >= 11 is 0. The van der Waals surface area contributed by atoms with Gasteiger partial charge in [-0.1, -0.05) is 6.92 Å². The van der Waals surface area contributed by atoms with Crippen LogP contribution in [0.2, 0.25) is 0 Å². The molecule has 0 heterocycles. The molecule has 0 radical (unpaired) electrons. The van der Waals surface area contributed by atoms with E-state index in [1.807, 2.05) is 6.92 Å². The van der Waals surface area contributed by atoms with E-state index >= 15 is 0 Å². The van der Waals surface area contributed by atoms with Crippen LogP contribution in [0.15, 0.2) is 42.5 Å². The number of nitrogens with zero attached hydrogens (tertiary/aromatic N) is 1. The standard InChI is InChI=1S/C20H21N3O6/c1-3-4-18(24)22-15-8-5-13(6-9-15)19(25)12(2)29-20(26)14-7-10-16(21)17(11-14)23(27)28/h5-12H,3-4,21H2,1-2H3,(H,22,24)/t12-/m1/s1. The molecule has 0 aromatic heterocycles. The van der Waals surface area contributed by atoms with Crippen molar-refractivity contribution >= 4 is 34.7 Å². The molecule has 2 aromatic carbocycles. The second-order valence-electron chi connectivity index (χ2n) is 6.32. The molecule has 0 aliphatic heterocycles. The van der Waals surface area contributed by atoms with Gasteiger partial charge in [-0.2, -0.15) is 0 Å². The van der Waals surface area contributed by atoms with Gasteiger partial charge in [0.25, 0.3) is 5.69 Å². The average Bonchev–Trinajstić information content (AvgIpc) is 2.68. The highest BCUT2D eigenvalue weighted by Crippen LogP contribution is 2.23. The van der Waals surface area contributed by atoms with E-state index in [0.717, 1.165) is 12.5 Å². The van der Waals surface area contributed by atoms with Gasteiger partial charge in [0.15, 0.2) is 6.10 Å². The molecule has 0 saturated carbocycles. The Morgan fingerprint density at radius 1 is 1.14 bits per heavy atom. The predicted octanol–water partition coefficient (Wildman–Crippen LogP) is 3.34. The molecule has 152 valence electrons. The minimum absolute atomic E-state index is 0.0817. The van der Waals surface area contributed by atoms with Gasteiger partial charge in [-0.3, -0.25) is 19.7 Å². The SMILES string of the molecule is CCCC(=O)Nc1ccc(C(=O)[C@@H](C)OC(=O)c2ccc(N)c([N+](=O)[O-])c2)cc1. The van der Waals surface area contributed by atoms with Gasteiger partial charge in [0.1, 0.15) is 5.69 Å². The Balaban J connectivity index is 2.05. The first-order valence-electron chi connectivity index (χ1n) is 8.92. The van der Waals surface area contributed by atoms with E-state index in [1.54, 1.807) is 12.1 Å². The molecule has 1 atom stereocenters. The van der Waals surface area contributed by atoms with E-state index in [0.29, 0.717) is 17.7 Å². The lowest BCUT2D eigenvalue weighted by Gasteiger charge is -2.13. The minimum Gasteiger partial charge on any atom is -0.451 e. The number of anilines is 2. The maximum atomic E-state index is 12.5. The van der Waals surface area contributed by atoms with Crippen molar-refractivity contribution in [1.82, 2.24) is 0 Å². The fourth-order valence-corrected chi connectivity index (χ4v) is 2.51. The highest BCUT2D eigenvalue weighted by molar-refractivity contribution is 6.02. The number of amides is 1.